The Bertz CT molecular complexity index is 1020. The summed E-state index contributed by atoms with van der Waals surface area (Å²) in [5, 5.41) is 8.65. The van der Waals surface area contributed by atoms with Crippen LogP contribution in [-0.2, 0) is 16.6 Å². The lowest BCUT2D eigenvalue weighted by Gasteiger charge is -2.22. The molecule has 0 aliphatic carbocycles. The van der Waals surface area contributed by atoms with Gasteiger partial charge in [0, 0.05) is 17.3 Å². The van der Waals surface area contributed by atoms with Crippen molar-refractivity contribution in [3.05, 3.63) is 59.7 Å². The number of carbonyl (C=O) groups is 1. The van der Waals surface area contributed by atoms with Crippen molar-refractivity contribution < 1.29 is 9.21 Å². The Morgan fingerprint density at radius 2 is 1.86 bits per heavy atom. The minimum atomic E-state index is 0.0572. The molecule has 0 spiro atoms. The van der Waals surface area contributed by atoms with Gasteiger partial charge in [-0.3, -0.25) is 4.79 Å². The van der Waals surface area contributed by atoms with Crippen molar-refractivity contribution in [2.24, 2.45) is 0 Å². The number of nitrogens with zero attached hydrogens (tertiary/aromatic N) is 3. The Labute approximate surface area is 175 Å². The molecule has 1 aliphatic heterocycles. The number of thioether (sulfide) groups is 1. The van der Waals surface area contributed by atoms with E-state index in [0.717, 1.165) is 17.7 Å². The molecule has 2 heterocycles. The topological polar surface area (TPSA) is 59.2 Å². The van der Waals surface area contributed by atoms with Crippen LogP contribution in [0, 0.1) is 0 Å². The summed E-state index contributed by atoms with van der Waals surface area (Å²) >= 11 is 1.28. The highest BCUT2D eigenvalue weighted by atomic mass is 32.2. The molecule has 6 heteroatoms. The molecule has 0 saturated carbocycles. The molecule has 29 heavy (non-hydrogen) atoms. The summed E-state index contributed by atoms with van der Waals surface area (Å²) in [6.07, 6.45) is 0.891. The van der Waals surface area contributed by atoms with Gasteiger partial charge in [-0.05, 0) is 48.1 Å². The first-order valence-electron chi connectivity index (χ1n) is 9.80. The van der Waals surface area contributed by atoms with Crippen molar-refractivity contribution >= 4 is 23.4 Å². The van der Waals surface area contributed by atoms with Crippen LogP contribution in [0.3, 0.4) is 0 Å². The number of anilines is 1. The summed E-state index contributed by atoms with van der Waals surface area (Å²) in [4.78, 5) is 14.7. The molecule has 0 saturated heterocycles. The molecule has 0 fully saturated rings. The molecule has 4 rings (SSSR count). The highest BCUT2D eigenvalue weighted by molar-refractivity contribution is 7.99. The predicted octanol–water partition coefficient (Wildman–Crippen LogP) is 5.10. The number of hydrogen-bond acceptors (Lipinski definition) is 5. The zero-order valence-electron chi connectivity index (χ0n) is 17.2. The van der Waals surface area contributed by atoms with E-state index in [2.05, 4.69) is 56.1 Å². The number of amides is 1. The van der Waals surface area contributed by atoms with Crippen molar-refractivity contribution in [1.82, 2.24) is 10.2 Å². The zero-order chi connectivity index (χ0) is 20.6. The third-order valence-corrected chi connectivity index (χ3v) is 6.00. The summed E-state index contributed by atoms with van der Waals surface area (Å²) in [6, 6.07) is 16.4. The number of rotatable bonds is 4. The minimum absolute atomic E-state index is 0.0572. The molecule has 1 unspecified atom stereocenters. The van der Waals surface area contributed by atoms with Gasteiger partial charge in [0.05, 0.1) is 5.75 Å². The quantitative estimate of drug-likeness (QED) is 0.563. The molecule has 0 bridgehead atoms. The summed E-state index contributed by atoms with van der Waals surface area (Å²) < 4.78 is 5.77. The Hall–Kier alpha value is -2.60. The fourth-order valence-corrected chi connectivity index (χ4v) is 4.26. The lowest BCUT2D eigenvalue weighted by Crippen LogP contribution is -2.36. The summed E-state index contributed by atoms with van der Waals surface area (Å²) in [7, 11) is 0. The molecule has 1 aromatic heterocycles. The van der Waals surface area contributed by atoms with Gasteiger partial charge in [0.25, 0.3) is 5.22 Å². The van der Waals surface area contributed by atoms with Crippen molar-refractivity contribution in [2.45, 2.75) is 50.8 Å². The second-order valence-corrected chi connectivity index (χ2v) is 9.36. The number of aromatic nitrogens is 2. The third-order valence-electron chi connectivity index (χ3n) is 5.20. The molecular weight excluding hydrogens is 382 g/mol. The van der Waals surface area contributed by atoms with E-state index in [1.165, 1.54) is 22.9 Å². The Morgan fingerprint density at radius 3 is 2.59 bits per heavy atom. The fraction of sp³-hybridized carbons (Fsp3) is 0.348. The SMILES string of the molecule is CC1Cc2ccccc2N1C(=O)CSc1nnc(-c2ccc(C(C)(C)C)cc2)o1. The number of para-hydroxylation sites is 1. The van der Waals surface area contributed by atoms with Crippen LogP contribution in [0.25, 0.3) is 11.5 Å². The van der Waals surface area contributed by atoms with Crippen LogP contribution in [-0.4, -0.2) is 27.9 Å². The number of hydrogen-bond donors (Lipinski definition) is 0. The highest BCUT2D eigenvalue weighted by Gasteiger charge is 2.30. The second kappa shape index (κ2) is 7.67. The first kappa shape index (κ1) is 19.7. The largest absolute Gasteiger partial charge is 0.411 e. The van der Waals surface area contributed by atoms with Crippen LogP contribution in [0.15, 0.2) is 58.2 Å². The van der Waals surface area contributed by atoms with Crippen LogP contribution in [0.1, 0.15) is 38.8 Å². The van der Waals surface area contributed by atoms with Crippen molar-refractivity contribution in [1.29, 1.82) is 0 Å². The molecule has 5 nitrogen and oxygen atoms in total. The molecule has 0 radical (unpaired) electrons. The number of benzene rings is 2. The van der Waals surface area contributed by atoms with Crippen LogP contribution < -0.4 is 4.90 Å². The molecule has 1 amide bonds. The van der Waals surface area contributed by atoms with E-state index in [9.17, 15) is 4.79 Å². The number of carbonyl (C=O) groups excluding carboxylic acids is 1. The second-order valence-electron chi connectivity index (χ2n) is 8.43. The van der Waals surface area contributed by atoms with Crippen LogP contribution >= 0.6 is 11.8 Å². The van der Waals surface area contributed by atoms with Gasteiger partial charge in [0.2, 0.25) is 11.8 Å². The lowest BCUT2D eigenvalue weighted by atomic mass is 9.87. The van der Waals surface area contributed by atoms with Crippen LogP contribution in [0.5, 0.6) is 0 Å². The first-order chi connectivity index (χ1) is 13.8. The maximum absolute atomic E-state index is 12.8. The number of fused-ring (bicyclic) bond motifs is 1. The minimum Gasteiger partial charge on any atom is -0.411 e. The van der Waals surface area contributed by atoms with E-state index in [0.29, 0.717) is 11.1 Å². The van der Waals surface area contributed by atoms with Gasteiger partial charge in [0.1, 0.15) is 0 Å². The summed E-state index contributed by atoms with van der Waals surface area (Å²) in [6.45, 7) is 8.62. The lowest BCUT2D eigenvalue weighted by molar-refractivity contribution is -0.116. The average Bonchev–Trinajstić information content (AvgIpc) is 3.29. The molecule has 0 N–H and O–H groups in total. The van der Waals surface area contributed by atoms with Gasteiger partial charge in [-0.1, -0.05) is 62.9 Å². The Morgan fingerprint density at radius 1 is 1.14 bits per heavy atom. The van der Waals surface area contributed by atoms with E-state index in [4.69, 9.17) is 4.42 Å². The molecule has 150 valence electrons. The van der Waals surface area contributed by atoms with Gasteiger partial charge in [-0.15, -0.1) is 10.2 Å². The zero-order valence-corrected chi connectivity index (χ0v) is 18.0. The van der Waals surface area contributed by atoms with Crippen LogP contribution in [0.4, 0.5) is 5.69 Å². The molecule has 3 aromatic rings. The van der Waals surface area contributed by atoms with Crippen LogP contribution in [0.2, 0.25) is 0 Å². The van der Waals surface area contributed by atoms with E-state index in [1.807, 2.05) is 35.2 Å². The molecule has 1 aliphatic rings. The summed E-state index contributed by atoms with van der Waals surface area (Å²) in [5.74, 6) is 0.797. The average molecular weight is 408 g/mol. The first-order valence-corrected chi connectivity index (χ1v) is 10.8. The van der Waals surface area contributed by atoms with E-state index >= 15 is 0 Å². The van der Waals surface area contributed by atoms with E-state index in [1.54, 1.807) is 0 Å². The summed E-state index contributed by atoms with van der Waals surface area (Å²) in [5.41, 5.74) is 4.46. The van der Waals surface area contributed by atoms with Gasteiger partial charge in [-0.25, -0.2) is 0 Å². The Balaban J connectivity index is 1.42. The van der Waals surface area contributed by atoms with Gasteiger partial charge in [-0.2, -0.15) is 0 Å². The van der Waals surface area contributed by atoms with Gasteiger partial charge in [0.15, 0.2) is 0 Å². The van der Waals surface area contributed by atoms with E-state index < -0.39 is 0 Å². The normalized spacial score (nSPS) is 16.1. The fourth-order valence-electron chi connectivity index (χ4n) is 3.64. The molecule has 1 atom stereocenters. The van der Waals surface area contributed by atoms with E-state index in [-0.39, 0.29) is 23.1 Å². The Kier molecular flexibility index (Phi) is 5.21. The third kappa shape index (κ3) is 4.08. The predicted molar refractivity (Wildman–Crippen MR) is 116 cm³/mol. The standard InChI is InChI=1S/C23H25N3O2S/c1-15-13-17-7-5-6-8-19(17)26(15)20(27)14-29-22-25-24-21(28-22)16-9-11-18(12-10-16)23(2,3)4/h5-12,15H,13-14H2,1-4H3. The molecular formula is C23H25N3O2S. The monoisotopic (exact) mass is 407 g/mol. The van der Waals surface area contributed by atoms with Gasteiger partial charge >= 0.3 is 0 Å². The molecule has 2 aromatic carbocycles. The van der Waals surface area contributed by atoms with Gasteiger partial charge < -0.3 is 9.32 Å². The highest BCUT2D eigenvalue weighted by Crippen LogP contribution is 2.33. The van der Waals surface area contributed by atoms with Crippen molar-refractivity contribution in [3.8, 4) is 11.5 Å². The van der Waals surface area contributed by atoms with Crippen molar-refractivity contribution in [2.75, 3.05) is 10.7 Å². The smallest absolute Gasteiger partial charge is 0.277 e. The van der Waals surface area contributed by atoms with Crippen molar-refractivity contribution in [3.63, 3.8) is 0 Å². The maximum Gasteiger partial charge on any atom is 0.277 e. The maximum atomic E-state index is 12.8.